The minimum Gasteiger partial charge on any atom is -0.426 e. The molecular formula is C22H27ClF6N4O2S. The summed E-state index contributed by atoms with van der Waals surface area (Å²) in [6.45, 7) is 4.95. The molecule has 3 heterocycles. The van der Waals surface area contributed by atoms with Crippen molar-refractivity contribution in [3.05, 3.63) is 28.8 Å². The highest BCUT2D eigenvalue weighted by atomic mass is 35.5. The number of ether oxygens (including phenoxy) is 1. The van der Waals surface area contributed by atoms with Crippen molar-refractivity contribution in [2.45, 2.75) is 25.0 Å². The molecule has 0 aromatic heterocycles. The SMILES string of the molecule is CSN1CC2CN(c3cc(Cl)ccc3CN3CCN(C(=O)OC(C(F)(F)F)C(F)(F)F)CC3)CC2C1. The second-order valence-corrected chi connectivity index (χ2v) is 10.7. The van der Waals surface area contributed by atoms with E-state index in [2.05, 4.69) is 20.2 Å². The summed E-state index contributed by atoms with van der Waals surface area (Å²) in [5.41, 5.74) is 2.07. The molecule has 36 heavy (non-hydrogen) atoms. The van der Waals surface area contributed by atoms with E-state index in [-0.39, 0.29) is 26.2 Å². The molecule has 1 amide bonds. The highest BCUT2D eigenvalue weighted by Crippen LogP contribution is 2.39. The van der Waals surface area contributed by atoms with Crippen LogP contribution in [-0.4, -0.2) is 97.3 Å². The Labute approximate surface area is 214 Å². The molecule has 0 spiro atoms. The lowest BCUT2D eigenvalue weighted by Gasteiger charge is -2.36. The van der Waals surface area contributed by atoms with Crippen LogP contribution in [0.1, 0.15) is 5.56 Å². The molecule has 0 N–H and O–H groups in total. The Morgan fingerprint density at radius 3 is 2.14 bits per heavy atom. The Balaban J connectivity index is 1.35. The average Bonchev–Trinajstić information content (AvgIpc) is 3.36. The Kier molecular flexibility index (Phi) is 8.13. The molecule has 202 valence electrons. The molecule has 1 aromatic carbocycles. The number of piperazine rings is 1. The van der Waals surface area contributed by atoms with E-state index in [1.54, 1.807) is 18.0 Å². The maximum Gasteiger partial charge on any atom is 0.434 e. The second kappa shape index (κ2) is 10.7. The molecule has 6 nitrogen and oxygen atoms in total. The molecule has 3 aliphatic heterocycles. The molecule has 0 saturated carbocycles. The lowest BCUT2D eigenvalue weighted by Crippen LogP contribution is -2.52. The van der Waals surface area contributed by atoms with Crippen LogP contribution in [0.4, 0.5) is 36.8 Å². The van der Waals surface area contributed by atoms with E-state index in [0.717, 1.165) is 42.3 Å². The molecule has 0 radical (unpaired) electrons. The van der Waals surface area contributed by atoms with Gasteiger partial charge >= 0.3 is 18.4 Å². The first-order chi connectivity index (χ1) is 16.8. The number of carbonyl (C=O) groups is 1. The molecule has 3 fully saturated rings. The van der Waals surface area contributed by atoms with Crippen molar-refractivity contribution in [3.8, 4) is 0 Å². The van der Waals surface area contributed by atoms with Gasteiger partial charge in [-0.25, -0.2) is 4.79 Å². The molecule has 0 bridgehead atoms. The lowest BCUT2D eigenvalue weighted by atomic mass is 10.0. The highest BCUT2D eigenvalue weighted by molar-refractivity contribution is 7.96. The van der Waals surface area contributed by atoms with Gasteiger partial charge in [0.15, 0.2) is 0 Å². The van der Waals surface area contributed by atoms with Gasteiger partial charge in [-0.2, -0.15) is 26.3 Å². The highest BCUT2D eigenvalue weighted by Gasteiger charge is 2.60. The first-order valence-corrected chi connectivity index (χ1v) is 13.0. The second-order valence-electron chi connectivity index (χ2n) is 9.34. The maximum absolute atomic E-state index is 12.7. The van der Waals surface area contributed by atoms with Gasteiger partial charge in [0.1, 0.15) is 0 Å². The minimum atomic E-state index is -5.73. The molecule has 14 heteroatoms. The van der Waals surface area contributed by atoms with Gasteiger partial charge in [0.25, 0.3) is 6.10 Å². The zero-order valence-corrected chi connectivity index (χ0v) is 21.1. The number of halogens is 7. The van der Waals surface area contributed by atoms with E-state index in [9.17, 15) is 31.1 Å². The Morgan fingerprint density at radius 2 is 1.61 bits per heavy atom. The summed E-state index contributed by atoms with van der Waals surface area (Å²) >= 11 is 8.06. The van der Waals surface area contributed by atoms with Crippen LogP contribution in [0.3, 0.4) is 0 Å². The smallest absolute Gasteiger partial charge is 0.426 e. The summed E-state index contributed by atoms with van der Waals surface area (Å²) in [6.07, 6.45) is -15.2. The van der Waals surface area contributed by atoms with E-state index in [1.165, 1.54) is 0 Å². The fraction of sp³-hybridized carbons (Fsp3) is 0.682. The summed E-state index contributed by atoms with van der Waals surface area (Å²) in [6, 6.07) is 5.68. The number of alkyl halides is 6. The molecule has 3 saturated heterocycles. The van der Waals surface area contributed by atoms with Crippen LogP contribution in [0, 0.1) is 11.8 Å². The minimum absolute atomic E-state index is 0.0391. The predicted octanol–water partition coefficient (Wildman–Crippen LogP) is 4.73. The van der Waals surface area contributed by atoms with Crippen molar-refractivity contribution in [1.29, 1.82) is 0 Å². The van der Waals surface area contributed by atoms with Gasteiger partial charge in [-0.3, -0.25) is 9.21 Å². The van der Waals surface area contributed by atoms with Crippen LogP contribution in [0.5, 0.6) is 0 Å². The molecule has 2 unspecified atom stereocenters. The number of hydrogen-bond acceptors (Lipinski definition) is 6. The number of rotatable bonds is 5. The van der Waals surface area contributed by atoms with Crippen LogP contribution in [0.2, 0.25) is 5.02 Å². The van der Waals surface area contributed by atoms with Crippen molar-refractivity contribution in [2.24, 2.45) is 11.8 Å². The zero-order valence-electron chi connectivity index (χ0n) is 19.5. The Bertz CT molecular complexity index is 916. The van der Waals surface area contributed by atoms with Crippen molar-refractivity contribution < 1.29 is 35.9 Å². The Morgan fingerprint density at radius 1 is 1.03 bits per heavy atom. The molecule has 4 rings (SSSR count). The van der Waals surface area contributed by atoms with E-state index in [1.807, 2.05) is 17.0 Å². The van der Waals surface area contributed by atoms with Gasteiger partial charge in [-0.1, -0.05) is 29.6 Å². The summed E-state index contributed by atoms with van der Waals surface area (Å²) < 4.78 is 82.5. The van der Waals surface area contributed by atoms with Crippen LogP contribution in [0.15, 0.2) is 18.2 Å². The normalized spacial score (nSPS) is 24.0. The van der Waals surface area contributed by atoms with Crippen molar-refractivity contribution in [3.63, 3.8) is 0 Å². The number of benzene rings is 1. The number of nitrogens with zero attached hydrogens (tertiary/aromatic N) is 4. The van der Waals surface area contributed by atoms with Gasteiger partial charge in [-0.15, -0.1) is 0 Å². The van der Waals surface area contributed by atoms with Crippen LogP contribution < -0.4 is 4.90 Å². The molecular weight excluding hydrogens is 534 g/mol. The van der Waals surface area contributed by atoms with Crippen LogP contribution in [0.25, 0.3) is 0 Å². The molecule has 2 atom stereocenters. The maximum atomic E-state index is 12.7. The number of carbonyl (C=O) groups excluding carboxylic acids is 1. The lowest BCUT2D eigenvalue weighted by molar-refractivity contribution is -0.308. The fourth-order valence-electron chi connectivity index (χ4n) is 5.08. The van der Waals surface area contributed by atoms with Crippen molar-refractivity contribution in [2.75, 3.05) is 63.5 Å². The number of fused-ring (bicyclic) bond motifs is 1. The third-order valence-corrected chi connectivity index (χ3v) is 7.99. The van der Waals surface area contributed by atoms with E-state index >= 15 is 0 Å². The van der Waals surface area contributed by atoms with E-state index < -0.39 is 24.5 Å². The molecule has 0 aliphatic carbocycles. The monoisotopic (exact) mass is 560 g/mol. The summed E-state index contributed by atoms with van der Waals surface area (Å²) in [5.74, 6) is 1.16. The summed E-state index contributed by atoms with van der Waals surface area (Å²) in [5, 5.41) is 0.619. The standard InChI is InChI=1S/C22H27ClF6N4O2S/c1-36-33-12-15-10-32(11-16(15)13-33)18-8-17(23)3-2-14(18)9-30-4-6-31(7-5-30)20(34)35-19(21(24,25)26)22(27,28)29/h2-3,8,15-16,19H,4-7,9-13H2,1H3. The molecule has 1 aromatic rings. The van der Waals surface area contributed by atoms with Crippen molar-refractivity contribution in [1.82, 2.24) is 14.1 Å². The number of amides is 1. The van der Waals surface area contributed by atoms with Gasteiger partial charge in [0.2, 0.25) is 0 Å². The summed E-state index contributed by atoms with van der Waals surface area (Å²) in [4.78, 5) is 17.3. The molecule has 3 aliphatic rings. The van der Waals surface area contributed by atoms with Gasteiger partial charge < -0.3 is 14.5 Å². The third kappa shape index (κ3) is 6.28. The fourth-order valence-corrected chi connectivity index (χ4v) is 5.93. The Hall–Kier alpha value is -1.57. The first-order valence-electron chi connectivity index (χ1n) is 11.5. The van der Waals surface area contributed by atoms with Gasteiger partial charge in [-0.05, 0) is 35.8 Å². The quantitative estimate of drug-likeness (QED) is 0.383. The van der Waals surface area contributed by atoms with Gasteiger partial charge in [0, 0.05) is 69.6 Å². The largest absolute Gasteiger partial charge is 0.434 e. The zero-order chi connectivity index (χ0) is 26.3. The summed E-state index contributed by atoms with van der Waals surface area (Å²) in [7, 11) is 0. The van der Waals surface area contributed by atoms with E-state index in [0.29, 0.717) is 23.4 Å². The van der Waals surface area contributed by atoms with E-state index in [4.69, 9.17) is 11.6 Å². The predicted molar refractivity (Wildman–Crippen MR) is 125 cm³/mol. The average molecular weight is 561 g/mol. The van der Waals surface area contributed by atoms with Gasteiger partial charge in [0.05, 0.1) is 0 Å². The van der Waals surface area contributed by atoms with Crippen molar-refractivity contribution >= 4 is 35.3 Å². The van der Waals surface area contributed by atoms with Crippen LogP contribution in [-0.2, 0) is 11.3 Å². The topological polar surface area (TPSA) is 39.3 Å². The first kappa shape index (κ1) is 27.5. The van der Waals surface area contributed by atoms with Crippen LogP contribution >= 0.6 is 23.5 Å². The number of anilines is 1. The number of hydrogen-bond donors (Lipinski definition) is 0. The third-order valence-electron chi connectivity index (χ3n) is 6.94.